The van der Waals surface area contributed by atoms with Crippen LogP contribution in [0.15, 0.2) is 99.0 Å². The molecule has 2 heterocycles. The Kier molecular flexibility index (Phi) is 7.35. The summed E-state index contributed by atoms with van der Waals surface area (Å²) in [6, 6.07) is 26.4. The predicted octanol–water partition coefficient (Wildman–Crippen LogP) is 7.39. The predicted molar refractivity (Wildman–Crippen MR) is 145 cm³/mol. The molecule has 0 bridgehead atoms. The summed E-state index contributed by atoms with van der Waals surface area (Å²) in [6.45, 7) is 0.233. The number of esters is 1. The highest BCUT2D eigenvalue weighted by atomic mass is 35.5. The molecule has 0 atom stereocenters. The topological polar surface area (TPSA) is 69.4 Å². The van der Waals surface area contributed by atoms with E-state index in [1.54, 1.807) is 30.0 Å². The van der Waals surface area contributed by atoms with Crippen LogP contribution in [0.25, 0.3) is 33.1 Å². The Labute approximate surface area is 217 Å². The molecule has 0 aliphatic rings. The van der Waals surface area contributed by atoms with E-state index in [0.29, 0.717) is 22.4 Å². The number of thioether (sulfide) groups is 1. The lowest BCUT2D eigenvalue weighted by Crippen LogP contribution is -2.17. The molecule has 0 aliphatic carbocycles. The number of carbonyl (C=O) groups is 1. The van der Waals surface area contributed by atoms with Gasteiger partial charge in [0.05, 0.1) is 17.8 Å². The number of halogens is 1. The van der Waals surface area contributed by atoms with E-state index in [0.717, 1.165) is 39.2 Å². The minimum Gasteiger partial charge on any atom is -0.462 e. The molecule has 2 aromatic heterocycles. The molecule has 0 N–H and O–H groups in total. The van der Waals surface area contributed by atoms with Gasteiger partial charge in [0.2, 0.25) is 0 Å². The van der Waals surface area contributed by atoms with Crippen molar-refractivity contribution in [3.8, 4) is 11.3 Å². The third kappa shape index (κ3) is 5.45. The number of nitrogens with zero attached hydrogens (tertiary/aromatic N) is 1. The number of hydrogen-bond donors (Lipinski definition) is 0. The molecule has 5 nitrogen and oxygen atoms in total. The number of unbranched alkanes of at least 4 members (excludes halogenated alkanes) is 1. The zero-order valence-electron chi connectivity index (χ0n) is 19.3. The first-order valence-corrected chi connectivity index (χ1v) is 12.9. The first-order chi connectivity index (χ1) is 17.6. The van der Waals surface area contributed by atoms with Crippen LogP contribution in [0.5, 0.6) is 0 Å². The van der Waals surface area contributed by atoms with Gasteiger partial charge in [-0.3, -0.25) is 0 Å². The quantitative estimate of drug-likeness (QED) is 0.0928. The zero-order valence-corrected chi connectivity index (χ0v) is 20.9. The third-order valence-corrected chi connectivity index (χ3v) is 7.07. The minimum atomic E-state index is -0.686. The smallest absolute Gasteiger partial charge is 0.351 e. The van der Waals surface area contributed by atoms with Crippen LogP contribution in [0.1, 0.15) is 23.2 Å². The highest BCUT2D eigenvalue weighted by Crippen LogP contribution is 2.32. The Bertz CT molecular complexity index is 1610. The molecule has 36 heavy (non-hydrogen) atoms. The van der Waals surface area contributed by atoms with Gasteiger partial charge in [0.25, 0.3) is 0 Å². The van der Waals surface area contributed by atoms with Gasteiger partial charge in [0.15, 0.2) is 0 Å². The van der Waals surface area contributed by atoms with Gasteiger partial charge in [0.1, 0.15) is 11.1 Å². The van der Waals surface area contributed by atoms with E-state index in [2.05, 4.69) is 12.1 Å². The van der Waals surface area contributed by atoms with Crippen LogP contribution < -0.4 is 5.63 Å². The summed E-state index contributed by atoms with van der Waals surface area (Å²) in [7, 11) is 0. The van der Waals surface area contributed by atoms with E-state index >= 15 is 0 Å². The van der Waals surface area contributed by atoms with E-state index < -0.39 is 11.6 Å². The lowest BCUT2D eigenvalue weighted by Gasteiger charge is -2.10. The molecule has 0 saturated heterocycles. The summed E-state index contributed by atoms with van der Waals surface area (Å²) < 4.78 is 10.6. The number of para-hydroxylation sites is 2. The summed E-state index contributed by atoms with van der Waals surface area (Å²) in [4.78, 5) is 30.5. The van der Waals surface area contributed by atoms with Crippen molar-refractivity contribution in [2.45, 2.75) is 17.7 Å². The number of ether oxygens (including phenoxy) is 1. The molecular formula is C29H22ClNO4S. The van der Waals surface area contributed by atoms with Gasteiger partial charge in [-0.15, -0.1) is 11.8 Å². The molecule has 0 fully saturated rings. The SMILES string of the molecule is O=C(OCCCCSc1cc(-c2cccc(Cl)c2)nc2ccccc12)c1cc2ccccc2oc1=O. The second-order valence-electron chi connectivity index (χ2n) is 8.21. The van der Waals surface area contributed by atoms with Crippen LogP contribution in [0, 0.1) is 0 Å². The molecule has 5 rings (SSSR count). The van der Waals surface area contributed by atoms with Gasteiger partial charge < -0.3 is 9.15 Å². The van der Waals surface area contributed by atoms with Crippen molar-refractivity contribution >= 4 is 51.2 Å². The summed E-state index contributed by atoms with van der Waals surface area (Å²) >= 11 is 7.93. The highest BCUT2D eigenvalue weighted by molar-refractivity contribution is 7.99. The van der Waals surface area contributed by atoms with E-state index in [1.807, 2.05) is 48.5 Å². The lowest BCUT2D eigenvalue weighted by atomic mass is 10.1. The summed E-state index contributed by atoms with van der Waals surface area (Å²) in [5, 5.41) is 2.46. The fraction of sp³-hybridized carbons (Fsp3) is 0.138. The highest BCUT2D eigenvalue weighted by Gasteiger charge is 2.15. The van der Waals surface area contributed by atoms with Crippen molar-refractivity contribution in [3.63, 3.8) is 0 Å². The van der Waals surface area contributed by atoms with E-state index in [9.17, 15) is 9.59 Å². The van der Waals surface area contributed by atoms with Crippen molar-refractivity contribution in [2.24, 2.45) is 0 Å². The van der Waals surface area contributed by atoms with Gasteiger partial charge in [-0.2, -0.15) is 0 Å². The molecule has 0 spiro atoms. The van der Waals surface area contributed by atoms with Crippen molar-refractivity contribution < 1.29 is 13.9 Å². The number of hydrogen-bond acceptors (Lipinski definition) is 6. The molecule has 0 amide bonds. The third-order valence-electron chi connectivity index (χ3n) is 5.69. The van der Waals surface area contributed by atoms with E-state index in [-0.39, 0.29) is 12.2 Å². The van der Waals surface area contributed by atoms with Crippen LogP contribution >= 0.6 is 23.4 Å². The standard InChI is InChI=1S/C29H22ClNO4S/c30-21-10-7-9-19(16-21)25-18-27(22-11-2-3-12-24(22)31-25)36-15-6-5-14-34-28(32)23-17-20-8-1-4-13-26(20)35-29(23)33/h1-4,7-13,16-18H,5-6,14-15H2. The molecule has 0 radical (unpaired) electrons. The number of pyridine rings is 1. The summed E-state index contributed by atoms with van der Waals surface area (Å²) in [5.41, 5.74) is 2.45. The first kappa shape index (κ1) is 24.1. The molecule has 0 aliphatic heterocycles. The van der Waals surface area contributed by atoms with Crippen molar-refractivity contribution in [3.05, 3.63) is 106 Å². The van der Waals surface area contributed by atoms with Gasteiger partial charge in [-0.25, -0.2) is 14.6 Å². The number of rotatable bonds is 8. The van der Waals surface area contributed by atoms with Crippen LogP contribution in [-0.2, 0) is 4.74 Å². The average Bonchev–Trinajstić information content (AvgIpc) is 2.89. The zero-order chi connectivity index (χ0) is 24.9. The van der Waals surface area contributed by atoms with E-state index in [1.165, 1.54) is 6.07 Å². The fourth-order valence-corrected chi connectivity index (χ4v) is 5.17. The summed E-state index contributed by atoms with van der Waals surface area (Å²) in [6.07, 6.45) is 1.52. The maximum Gasteiger partial charge on any atom is 0.351 e. The number of aromatic nitrogens is 1. The lowest BCUT2D eigenvalue weighted by molar-refractivity contribution is 0.0495. The maximum absolute atomic E-state index is 12.4. The Morgan fingerprint density at radius 2 is 1.78 bits per heavy atom. The monoisotopic (exact) mass is 515 g/mol. The van der Waals surface area contributed by atoms with Crippen LogP contribution in [0.3, 0.4) is 0 Å². The van der Waals surface area contributed by atoms with Crippen LogP contribution in [0.4, 0.5) is 0 Å². The Morgan fingerprint density at radius 3 is 2.67 bits per heavy atom. The number of fused-ring (bicyclic) bond motifs is 2. The van der Waals surface area contributed by atoms with Crippen LogP contribution in [-0.4, -0.2) is 23.3 Å². The normalized spacial score (nSPS) is 11.1. The van der Waals surface area contributed by atoms with E-state index in [4.69, 9.17) is 25.7 Å². The molecule has 7 heteroatoms. The Hall–Kier alpha value is -3.61. The molecule has 0 saturated carbocycles. The molecule has 3 aromatic carbocycles. The molecule has 0 unspecified atom stereocenters. The molecular weight excluding hydrogens is 494 g/mol. The van der Waals surface area contributed by atoms with Crippen molar-refractivity contribution in [1.82, 2.24) is 4.98 Å². The minimum absolute atomic E-state index is 0.0834. The average molecular weight is 516 g/mol. The first-order valence-electron chi connectivity index (χ1n) is 11.6. The van der Waals surface area contributed by atoms with Gasteiger partial charge in [-0.05, 0) is 55.0 Å². The summed E-state index contributed by atoms with van der Waals surface area (Å²) in [5.74, 6) is 0.187. The maximum atomic E-state index is 12.4. The van der Waals surface area contributed by atoms with Crippen molar-refractivity contribution in [1.29, 1.82) is 0 Å². The van der Waals surface area contributed by atoms with Gasteiger partial charge in [0, 0.05) is 26.3 Å². The second-order valence-corrected chi connectivity index (χ2v) is 9.78. The molecule has 180 valence electrons. The van der Waals surface area contributed by atoms with Gasteiger partial charge >= 0.3 is 11.6 Å². The second kappa shape index (κ2) is 11.0. The number of benzene rings is 3. The Morgan fingerprint density at radius 1 is 0.944 bits per heavy atom. The van der Waals surface area contributed by atoms with Crippen LogP contribution in [0.2, 0.25) is 5.02 Å². The number of carbonyl (C=O) groups excluding carboxylic acids is 1. The molecule has 5 aromatic rings. The van der Waals surface area contributed by atoms with Gasteiger partial charge in [-0.1, -0.05) is 60.1 Å². The van der Waals surface area contributed by atoms with Crippen molar-refractivity contribution in [2.75, 3.05) is 12.4 Å². The largest absolute Gasteiger partial charge is 0.462 e. The Balaban J connectivity index is 1.19. The fourth-order valence-electron chi connectivity index (χ4n) is 3.89.